The van der Waals surface area contributed by atoms with Crippen molar-refractivity contribution in [1.82, 2.24) is 0 Å². The predicted octanol–water partition coefficient (Wildman–Crippen LogP) is 4.29. The van der Waals surface area contributed by atoms with Crippen LogP contribution in [0.1, 0.15) is 58.4 Å². The molecule has 1 fully saturated rings. The smallest absolute Gasteiger partial charge is 0.115 e. The average Bonchev–Trinajstić information content (AvgIpc) is 2.50. The molecular formula is C18H28O2. The lowest BCUT2D eigenvalue weighted by Gasteiger charge is -2.31. The van der Waals surface area contributed by atoms with E-state index in [0.29, 0.717) is 17.8 Å². The van der Waals surface area contributed by atoms with Gasteiger partial charge in [0.1, 0.15) is 5.75 Å². The fourth-order valence-electron chi connectivity index (χ4n) is 3.48. The Morgan fingerprint density at radius 2 is 1.95 bits per heavy atom. The van der Waals surface area contributed by atoms with Crippen LogP contribution >= 0.6 is 0 Å². The SMILES string of the molecule is CC(C)(C)C1CCCC(O)(Cc2cccc(O)c2)CC1. The third kappa shape index (κ3) is 3.99. The Kier molecular flexibility index (Phi) is 4.43. The highest BCUT2D eigenvalue weighted by Crippen LogP contribution is 2.40. The van der Waals surface area contributed by atoms with Crippen LogP contribution in [0.15, 0.2) is 24.3 Å². The highest BCUT2D eigenvalue weighted by Gasteiger charge is 2.34. The van der Waals surface area contributed by atoms with Crippen molar-refractivity contribution in [1.29, 1.82) is 0 Å². The molecule has 1 aromatic carbocycles. The average molecular weight is 276 g/mol. The Morgan fingerprint density at radius 3 is 2.60 bits per heavy atom. The summed E-state index contributed by atoms with van der Waals surface area (Å²) in [5, 5.41) is 20.4. The third-order valence-electron chi connectivity index (χ3n) is 4.82. The molecule has 112 valence electrons. The van der Waals surface area contributed by atoms with Gasteiger partial charge in [0, 0.05) is 6.42 Å². The number of benzene rings is 1. The first-order chi connectivity index (χ1) is 9.28. The highest BCUT2D eigenvalue weighted by atomic mass is 16.3. The maximum Gasteiger partial charge on any atom is 0.115 e. The van der Waals surface area contributed by atoms with E-state index >= 15 is 0 Å². The maximum absolute atomic E-state index is 10.9. The lowest BCUT2D eigenvalue weighted by molar-refractivity contribution is 0.0225. The summed E-state index contributed by atoms with van der Waals surface area (Å²) in [6.07, 6.45) is 5.79. The van der Waals surface area contributed by atoms with Gasteiger partial charge in [-0.3, -0.25) is 0 Å². The number of phenolic OH excluding ortho intramolecular Hbond substituents is 1. The van der Waals surface area contributed by atoms with Crippen molar-refractivity contribution in [3.63, 3.8) is 0 Å². The lowest BCUT2D eigenvalue weighted by Crippen LogP contribution is -2.31. The zero-order valence-corrected chi connectivity index (χ0v) is 13.0. The van der Waals surface area contributed by atoms with E-state index in [9.17, 15) is 10.2 Å². The van der Waals surface area contributed by atoms with Gasteiger partial charge in [0.15, 0.2) is 0 Å². The van der Waals surface area contributed by atoms with Gasteiger partial charge in [-0.05, 0) is 54.7 Å². The van der Waals surface area contributed by atoms with E-state index in [4.69, 9.17) is 0 Å². The van der Waals surface area contributed by atoms with E-state index in [-0.39, 0.29) is 5.75 Å². The number of phenols is 1. The molecule has 0 amide bonds. The van der Waals surface area contributed by atoms with E-state index in [1.165, 1.54) is 6.42 Å². The normalized spacial score (nSPS) is 28.1. The summed E-state index contributed by atoms with van der Waals surface area (Å²) in [4.78, 5) is 0. The quantitative estimate of drug-likeness (QED) is 0.791. The van der Waals surface area contributed by atoms with E-state index < -0.39 is 5.60 Å². The molecule has 2 nitrogen and oxygen atoms in total. The summed E-state index contributed by atoms with van der Waals surface area (Å²) in [6.45, 7) is 6.91. The number of rotatable bonds is 2. The lowest BCUT2D eigenvalue weighted by atomic mass is 9.76. The van der Waals surface area contributed by atoms with Crippen LogP contribution in [0.4, 0.5) is 0 Å². The number of hydrogen-bond acceptors (Lipinski definition) is 2. The van der Waals surface area contributed by atoms with Crippen molar-refractivity contribution in [2.75, 3.05) is 0 Å². The summed E-state index contributed by atoms with van der Waals surface area (Å²) in [6, 6.07) is 7.28. The standard InChI is InChI=1S/C18H28O2/c1-17(2,3)15-7-5-10-18(20,11-9-15)13-14-6-4-8-16(19)12-14/h4,6,8,12,15,19-20H,5,7,9-11,13H2,1-3H3. The van der Waals surface area contributed by atoms with Crippen molar-refractivity contribution < 1.29 is 10.2 Å². The molecule has 0 spiro atoms. The molecule has 2 unspecified atom stereocenters. The summed E-state index contributed by atoms with van der Waals surface area (Å²) in [5.41, 5.74) is 0.756. The molecule has 2 atom stereocenters. The van der Waals surface area contributed by atoms with Crippen molar-refractivity contribution in [3.8, 4) is 5.75 Å². The van der Waals surface area contributed by atoms with E-state index in [2.05, 4.69) is 20.8 Å². The van der Waals surface area contributed by atoms with Crippen LogP contribution in [0.5, 0.6) is 5.75 Å². The van der Waals surface area contributed by atoms with Gasteiger partial charge in [0.2, 0.25) is 0 Å². The van der Waals surface area contributed by atoms with Crippen LogP contribution in [0.25, 0.3) is 0 Å². The van der Waals surface area contributed by atoms with Crippen molar-refractivity contribution in [2.45, 2.75) is 64.9 Å². The molecule has 0 saturated heterocycles. The van der Waals surface area contributed by atoms with Gasteiger partial charge in [-0.2, -0.15) is 0 Å². The first-order valence-corrected chi connectivity index (χ1v) is 7.79. The maximum atomic E-state index is 10.9. The van der Waals surface area contributed by atoms with E-state index in [1.807, 2.05) is 12.1 Å². The van der Waals surface area contributed by atoms with Gasteiger partial charge in [0.05, 0.1) is 5.60 Å². The van der Waals surface area contributed by atoms with Crippen LogP contribution in [0.2, 0.25) is 0 Å². The molecule has 0 aromatic heterocycles. The fraction of sp³-hybridized carbons (Fsp3) is 0.667. The molecule has 0 bridgehead atoms. The monoisotopic (exact) mass is 276 g/mol. The Balaban J connectivity index is 2.04. The molecule has 2 heteroatoms. The minimum absolute atomic E-state index is 0.285. The molecule has 1 aliphatic rings. The number of hydrogen-bond donors (Lipinski definition) is 2. The molecule has 0 aliphatic heterocycles. The Labute approximate surface area is 122 Å². The zero-order valence-electron chi connectivity index (χ0n) is 13.0. The largest absolute Gasteiger partial charge is 0.508 e. The first kappa shape index (κ1) is 15.4. The topological polar surface area (TPSA) is 40.5 Å². The van der Waals surface area contributed by atoms with Crippen LogP contribution in [0, 0.1) is 11.3 Å². The van der Waals surface area contributed by atoms with Gasteiger partial charge in [-0.15, -0.1) is 0 Å². The van der Waals surface area contributed by atoms with Crippen LogP contribution in [-0.4, -0.2) is 15.8 Å². The summed E-state index contributed by atoms with van der Waals surface area (Å²) >= 11 is 0. The second-order valence-corrected chi connectivity index (χ2v) is 7.56. The molecule has 0 radical (unpaired) electrons. The van der Waals surface area contributed by atoms with E-state index in [1.54, 1.807) is 12.1 Å². The van der Waals surface area contributed by atoms with Crippen molar-refractivity contribution in [3.05, 3.63) is 29.8 Å². The van der Waals surface area contributed by atoms with E-state index in [0.717, 1.165) is 31.2 Å². The first-order valence-electron chi connectivity index (χ1n) is 7.79. The predicted molar refractivity (Wildman–Crippen MR) is 82.8 cm³/mol. The third-order valence-corrected chi connectivity index (χ3v) is 4.82. The zero-order chi connectivity index (χ0) is 14.8. The second-order valence-electron chi connectivity index (χ2n) is 7.56. The van der Waals surface area contributed by atoms with Gasteiger partial charge < -0.3 is 10.2 Å². The molecule has 2 rings (SSSR count). The van der Waals surface area contributed by atoms with Gasteiger partial charge in [-0.1, -0.05) is 39.3 Å². The summed E-state index contributed by atoms with van der Waals surface area (Å²) in [7, 11) is 0. The summed E-state index contributed by atoms with van der Waals surface area (Å²) < 4.78 is 0. The van der Waals surface area contributed by atoms with Gasteiger partial charge in [-0.25, -0.2) is 0 Å². The Morgan fingerprint density at radius 1 is 1.20 bits per heavy atom. The van der Waals surface area contributed by atoms with Crippen molar-refractivity contribution in [2.24, 2.45) is 11.3 Å². The number of aliphatic hydroxyl groups is 1. The Hall–Kier alpha value is -1.02. The van der Waals surface area contributed by atoms with Crippen LogP contribution in [-0.2, 0) is 6.42 Å². The second kappa shape index (κ2) is 5.77. The minimum Gasteiger partial charge on any atom is -0.508 e. The molecule has 20 heavy (non-hydrogen) atoms. The molecule has 0 heterocycles. The Bertz CT molecular complexity index is 447. The molecule has 2 N–H and O–H groups in total. The molecular weight excluding hydrogens is 248 g/mol. The molecule has 1 aromatic rings. The van der Waals surface area contributed by atoms with Gasteiger partial charge >= 0.3 is 0 Å². The highest BCUT2D eigenvalue weighted by molar-refractivity contribution is 5.28. The minimum atomic E-state index is -0.603. The molecule has 1 saturated carbocycles. The molecule has 1 aliphatic carbocycles. The fourth-order valence-corrected chi connectivity index (χ4v) is 3.48. The van der Waals surface area contributed by atoms with Crippen LogP contribution in [0.3, 0.4) is 0 Å². The van der Waals surface area contributed by atoms with Crippen molar-refractivity contribution >= 4 is 0 Å². The van der Waals surface area contributed by atoms with Gasteiger partial charge in [0.25, 0.3) is 0 Å². The van der Waals surface area contributed by atoms with Crippen LogP contribution < -0.4 is 0 Å². The number of aromatic hydroxyl groups is 1. The summed E-state index contributed by atoms with van der Waals surface area (Å²) in [5.74, 6) is 0.980.